The Labute approximate surface area is 179 Å². The van der Waals surface area contributed by atoms with E-state index in [2.05, 4.69) is 40.1 Å². The number of aromatic hydroxyl groups is 1. The van der Waals surface area contributed by atoms with Crippen LogP contribution in [0.3, 0.4) is 0 Å². The molecule has 1 fully saturated rings. The minimum atomic E-state index is -0.266. The first kappa shape index (κ1) is 20.6. The molecule has 1 aliphatic rings. The van der Waals surface area contributed by atoms with Crippen LogP contribution < -0.4 is 0 Å². The number of hydrogen-bond donors (Lipinski definition) is 1. The van der Waals surface area contributed by atoms with Crippen LogP contribution in [0.2, 0.25) is 0 Å². The van der Waals surface area contributed by atoms with E-state index < -0.39 is 0 Å². The molecule has 1 saturated heterocycles. The topological polar surface area (TPSA) is 83.2 Å². The van der Waals surface area contributed by atoms with Gasteiger partial charge in [-0.25, -0.2) is 9.78 Å². The van der Waals surface area contributed by atoms with Crippen molar-refractivity contribution in [2.45, 2.75) is 33.2 Å². The van der Waals surface area contributed by atoms with Crippen molar-refractivity contribution in [2.75, 3.05) is 32.8 Å². The maximum Gasteiger partial charge on any atom is 0.409 e. The number of rotatable bonds is 5. The van der Waals surface area contributed by atoms with Gasteiger partial charge in [0.15, 0.2) is 5.82 Å². The first-order valence-corrected chi connectivity index (χ1v) is 11.1. The molecule has 9 heteroatoms. The van der Waals surface area contributed by atoms with Gasteiger partial charge in [-0.05, 0) is 19.4 Å². The number of piperazine rings is 1. The van der Waals surface area contributed by atoms with Gasteiger partial charge in [0.1, 0.15) is 0 Å². The average Bonchev–Trinajstić information content (AvgIpc) is 3.28. The van der Waals surface area contributed by atoms with Crippen LogP contribution in [0.15, 0.2) is 24.3 Å². The molecule has 1 atom stereocenters. The van der Waals surface area contributed by atoms with Crippen molar-refractivity contribution in [1.29, 1.82) is 0 Å². The minimum Gasteiger partial charge on any atom is -0.492 e. The first-order valence-electron chi connectivity index (χ1n) is 10.3. The highest BCUT2D eigenvalue weighted by atomic mass is 32.1. The molecule has 4 rings (SSSR count). The van der Waals surface area contributed by atoms with E-state index in [4.69, 9.17) is 4.74 Å². The van der Waals surface area contributed by atoms with Gasteiger partial charge in [-0.2, -0.15) is 4.52 Å². The van der Waals surface area contributed by atoms with Crippen molar-refractivity contribution < 1.29 is 14.6 Å². The van der Waals surface area contributed by atoms with E-state index in [1.807, 2.05) is 19.9 Å². The first-order chi connectivity index (χ1) is 14.5. The summed E-state index contributed by atoms with van der Waals surface area (Å²) < 4.78 is 6.68. The number of thiazole rings is 1. The molecule has 30 heavy (non-hydrogen) atoms. The highest BCUT2D eigenvalue weighted by molar-refractivity contribution is 7.17. The van der Waals surface area contributed by atoms with Gasteiger partial charge in [-0.15, -0.1) is 5.10 Å². The van der Waals surface area contributed by atoms with Crippen LogP contribution in [-0.2, 0) is 11.2 Å². The Morgan fingerprint density at radius 2 is 2.03 bits per heavy atom. The standard InChI is InChI=1S/C21H27N5O3S/c1-4-16-22-20-26(23-16)19(27)18(30-20)17(15-8-6-7-14(3)13-15)24-9-11-25(12-10-24)21(28)29-5-2/h6-8,13,17,27H,4-5,9-12H2,1-3H3. The molecule has 1 amide bonds. The van der Waals surface area contributed by atoms with Gasteiger partial charge in [0.05, 0.1) is 17.5 Å². The molecule has 1 N–H and O–H groups in total. The number of nitrogens with zero attached hydrogens (tertiary/aromatic N) is 5. The highest BCUT2D eigenvalue weighted by Gasteiger charge is 2.33. The van der Waals surface area contributed by atoms with Crippen LogP contribution in [0.5, 0.6) is 5.88 Å². The summed E-state index contributed by atoms with van der Waals surface area (Å²) in [5.74, 6) is 0.861. The summed E-state index contributed by atoms with van der Waals surface area (Å²) in [5.41, 5.74) is 2.27. The Morgan fingerprint density at radius 3 is 2.67 bits per heavy atom. The smallest absolute Gasteiger partial charge is 0.409 e. The zero-order valence-electron chi connectivity index (χ0n) is 17.5. The summed E-state index contributed by atoms with van der Waals surface area (Å²) in [7, 11) is 0. The number of aromatic nitrogens is 3. The predicted octanol–water partition coefficient (Wildman–Crippen LogP) is 3.23. The summed E-state index contributed by atoms with van der Waals surface area (Å²) in [6, 6.07) is 8.20. The second kappa shape index (κ2) is 8.61. The fourth-order valence-corrected chi connectivity index (χ4v) is 5.00. The summed E-state index contributed by atoms with van der Waals surface area (Å²) >= 11 is 1.47. The maximum absolute atomic E-state index is 12.1. The third-order valence-corrected chi connectivity index (χ3v) is 6.44. The largest absolute Gasteiger partial charge is 0.492 e. The lowest BCUT2D eigenvalue weighted by Gasteiger charge is -2.38. The zero-order chi connectivity index (χ0) is 21.3. The summed E-state index contributed by atoms with van der Waals surface area (Å²) in [5, 5.41) is 15.4. The Morgan fingerprint density at radius 1 is 1.27 bits per heavy atom. The number of benzene rings is 1. The Hall–Kier alpha value is -2.65. The van der Waals surface area contributed by atoms with Crippen molar-refractivity contribution in [3.8, 4) is 5.88 Å². The summed E-state index contributed by atoms with van der Waals surface area (Å²) in [4.78, 5) is 22.2. The summed E-state index contributed by atoms with van der Waals surface area (Å²) in [6.45, 7) is 8.79. The van der Waals surface area contributed by atoms with Crippen LogP contribution in [0.4, 0.5) is 4.79 Å². The Bertz CT molecular complexity index is 1040. The van der Waals surface area contributed by atoms with Crippen molar-refractivity contribution in [3.05, 3.63) is 46.1 Å². The number of fused-ring (bicyclic) bond motifs is 1. The second-order valence-electron chi connectivity index (χ2n) is 7.40. The Balaban J connectivity index is 1.67. The highest BCUT2D eigenvalue weighted by Crippen LogP contribution is 2.40. The molecule has 0 spiro atoms. The van der Waals surface area contributed by atoms with Crippen molar-refractivity contribution >= 4 is 22.4 Å². The molecule has 1 aromatic carbocycles. The van der Waals surface area contributed by atoms with E-state index >= 15 is 0 Å². The monoisotopic (exact) mass is 429 g/mol. The van der Waals surface area contributed by atoms with Crippen LogP contribution in [0, 0.1) is 6.92 Å². The second-order valence-corrected chi connectivity index (χ2v) is 8.41. The van der Waals surface area contributed by atoms with Gasteiger partial charge in [-0.3, -0.25) is 4.90 Å². The molecule has 3 heterocycles. The van der Waals surface area contributed by atoms with E-state index in [1.54, 1.807) is 4.90 Å². The number of amides is 1. The van der Waals surface area contributed by atoms with E-state index in [9.17, 15) is 9.90 Å². The average molecular weight is 430 g/mol. The van der Waals surface area contributed by atoms with Gasteiger partial charge in [-0.1, -0.05) is 48.1 Å². The van der Waals surface area contributed by atoms with E-state index in [1.165, 1.54) is 15.9 Å². The normalized spacial score (nSPS) is 16.2. The fraction of sp³-hybridized carbons (Fsp3) is 0.476. The predicted molar refractivity (Wildman–Crippen MR) is 115 cm³/mol. The fourth-order valence-electron chi connectivity index (χ4n) is 3.86. The lowest BCUT2D eigenvalue weighted by molar-refractivity contribution is 0.0715. The number of ether oxygens (including phenoxy) is 1. The molecular weight excluding hydrogens is 402 g/mol. The van der Waals surface area contributed by atoms with Crippen LogP contribution in [-0.4, -0.2) is 68.4 Å². The maximum atomic E-state index is 12.1. The van der Waals surface area contributed by atoms with E-state index in [0.29, 0.717) is 37.7 Å². The van der Waals surface area contributed by atoms with E-state index in [-0.39, 0.29) is 18.0 Å². The Kier molecular flexibility index (Phi) is 5.92. The zero-order valence-corrected chi connectivity index (χ0v) is 18.4. The van der Waals surface area contributed by atoms with Gasteiger partial charge in [0.25, 0.3) is 0 Å². The van der Waals surface area contributed by atoms with Crippen LogP contribution in [0.25, 0.3) is 4.96 Å². The van der Waals surface area contributed by atoms with Crippen LogP contribution >= 0.6 is 11.3 Å². The van der Waals surface area contributed by atoms with Crippen molar-refractivity contribution in [2.24, 2.45) is 0 Å². The molecule has 1 aliphatic heterocycles. The van der Waals surface area contributed by atoms with Crippen molar-refractivity contribution in [3.63, 3.8) is 0 Å². The molecule has 0 radical (unpaired) electrons. The number of carbonyl (C=O) groups excluding carboxylic acids is 1. The van der Waals surface area contributed by atoms with Gasteiger partial charge < -0.3 is 14.7 Å². The number of hydrogen-bond acceptors (Lipinski definition) is 7. The molecule has 0 saturated carbocycles. The molecule has 3 aromatic rings. The summed E-state index contributed by atoms with van der Waals surface area (Å²) in [6.07, 6.45) is 0.457. The minimum absolute atomic E-state index is 0.132. The number of aryl methyl sites for hydroxylation is 2. The van der Waals surface area contributed by atoms with Gasteiger partial charge >= 0.3 is 6.09 Å². The van der Waals surface area contributed by atoms with Gasteiger partial charge in [0.2, 0.25) is 10.8 Å². The molecule has 160 valence electrons. The third-order valence-electron chi connectivity index (χ3n) is 5.37. The molecule has 8 nitrogen and oxygen atoms in total. The quantitative estimate of drug-likeness (QED) is 0.670. The lowest BCUT2D eigenvalue weighted by Crippen LogP contribution is -2.49. The molecule has 2 aromatic heterocycles. The van der Waals surface area contributed by atoms with Crippen molar-refractivity contribution in [1.82, 2.24) is 24.4 Å². The van der Waals surface area contributed by atoms with Gasteiger partial charge in [0, 0.05) is 32.6 Å². The lowest BCUT2D eigenvalue weighted by atomic mass is 10.0. The molecule has 0 bridgehead atoms. The molecular formula is C21H27N5O3S. The van der Waals surface area contributed by atoms with E-state index in [0.717, 1.165) is 28.2 Å². The SMILES string of the molecule is CCOC(=O)N1CCN(C(c2cccc(C)c2)c2sc3nc(CC)nn3c2O)CC1. The van der Waals surface area contributed by atoms with Crippen LogP contribution in [0.1, 0.15) is 41.7 Å². The third kappa shape index (κ3) is 3.87. The number of carbonyl (C=O) groups is 1. The molecule has 1 unspecified atom stereocenters. The molecule has 0 aliphatic carbocycles.